The van der Waals surface area contributed by atoms with Gasteiger partial charge in [0.15, 0.2) is 0 Å². The molecule has 3 heteroatoms. The van der Waals surface area contributed by atoms with E-state index in [-0.39, 0.29) is 0 Å². The van der Waals surface area contributed by atoms with Crippen molar-refractivity contribution in [1.29, 1.82) is 0 Å². The number of rotatable bonds is 2. The molecule has 8 aromatic carbocycles. The third-order valence-electron chi connectivity index (χ3n) is 9.86. The number of para-hydroxylation sites is 3. The molecular formula is C44H24O3. The van der Waals surface area contributed by atoms with Gasteiger partial charge in [-0.3, -0.25) is 0 Å². The van der Waals surface area contributed by atoms with E-state index in [2.05, 4.69) is 115 Å². The zero-order valence-corrected chi connectivity index (χ0v) is 25.1. The number of benzene rings is 8. The smallest absolute Gasteiger partial charge is 0.144 e. The van der Waals surface area contributed by atoms with Crippen LogP contribution >= 0.6 is 0 Å². The van der Waals surface area contributed by atoms with Gasteiger partial charge < -0.3 is 13.3 Å². The van der Waals surface area contributed by atoms with Gasteiger partial charge in [0.25, 0.3) is 0 Å². The van der Waals surface area contributed by atoms with E-state index in [4.69, 9.17) is 13.3 Å². The topological polar surface area (TPSA) is 39.4 Å². The molecule has 11 rings (SSSR count). The van der Waals surface area contributed by atoms with Crippen LogP contribution in [0.2, 0.25) is 0 Å². The lowest BCUT2D eigenvalue weighted by atomic mass is 9.84. The lowest BCUT2D eigenvalue weighted by Crippen LogP contribution is -1.92. The van der Waals surface area contributed by atoms with E-state index in [0.29, 0.717) is 0 Å². The highest BCUT2D eigenvalue weighted by molar-refractivity contribution is 6.32. The van der Waals surface area contributed by atoms with Gasteiger partial charge >= 0.3 is 0 Å². The minimum absolute atomic E-state index is 0.854. The van der Waals surface area contributed by atoms with E-state index in [1.54, 1.807) is 0 Å². The van der Waals surface area contributed by atoms with Crippen LogP contribution in [0.4, 0.5) is 0 Å². The van der Waals surface area contributed by atoms with E-state index < -0.39 is 0 Å². The first-order chi connectivity index (χ1) is 23.3. The van der Waals surface area contributed by atoms with Crippen molar-refractivity contribution < 1.29 is 13.3 Å². The molecule has 0 saturated carbocycles. The van der Waals surface area contributed by atoms with Crippen molar-refractivity contribution in [3.8, 4) is 22.3 Å². The van der Waals surface area contributed by atoms with Crippen LogP contribution in [0.25, 0.3) is 110 Å². The Balaban J connectivity index is 1.34. The molecule has 0 saturated heterocycles. The van der Waals surface area contributed by atoms with Gasteiger partial charge in [0.1, 0.15) is 33.5 Å². The summed E-state index contributed by atoms with van der Waals surface area (Å²) >= 11 is 0. The lowest BCUT2D eigenvalue weighted by molar-refractivity contribution is 0.664. The second kappa shape index (κ2) is 9.12. The summed E-state index contributed by atoms with van der Waals surface area (Å²) in [7, 11) is 0. The van der Waals surface area contributed by atoms with Crippen LogP contribution in [0.1, 0.15) is 0 Å². The van der Waals surface area contributed by atoms with Gasteiger partial charge in [0.2, 0.25) is 0 Å². The molecule has 0 aliphatic rings. The Labute approximate surface area is 267 Å². The molecule has 3 aromatic heterocycles. The fourth-order valence-corrected chi connectivity index (χ4v) is 7.98. The number of fused-ring (bicyclic) bond motifs is 12. The van der Waals surface area contributed by atoms with Gasteiger partial charge in [0, 0.05) is 43.4 Å². The summed E-state index contributed by atoms with van der Waals surface area (Å²) in [5, 5.41) is 11.3. The van der Waals surface area contributed by atoms with E-state index >= 15 is 0 Å². The Hall–Kier alpha value is -6.32. The maximum atomic E-state index is 6.82. The first-order valence-corrected chi connectivity index (χ1v) is 15.9. The van der Waals surface area contributed by atoms with E-state index in [0.717, 1.165) is 93.3 Å². The van der Waals surface area contributed by atoms with Crippen LogP contribution in [-0.4, -0.2) is 0 Å². The summed E-state index contributed by atoms with van der Waals surface area (Å²) in [5.41, 5.74) is 9.76. The highest BCUT2D eigenvalue weighted by atomic mass is 16.3. The molecular weight excluding hydrogens is 576 g/mol. The average Bonchev–Trinajstić information content (AvgIpc) is 3.81. The molecule has 0 amide bonds. The van der Waals surface area contributed by atoms with Crippen LogP contribution in [0.3, 0.4) is 0 Å². The predicted octanol–water partition coefficient (Wildman–Crippen LogP) is 13.0. The molecule has 0 radical (unpaired) electrons. The first-order valence-electron chi connectivity index (χ1n) is 15.9. The molecule has 218 valence electrons. The normalized spacial score (nSPS) is 12.3. The summed E-state index contributed by atoms with van der Waals surface area (Å²) < 4.78 is 19.8. The van der Waals surface area contributed by atoms with Crippen LogP contribution in [0.15, 0.2) is 159 Å². The Bertz CT molecular complexity index is 3020. The van der Waals surface area contributed by atoms with Crippen molar-refractivity contribution in [3.63, 3.8) is 0 Å². The first kappa shape index (κ1) is 24.9. The molecule has 0 unspecified atom stereocenters. The molecule has 0 N–H and O–H groups in total. The molecule has 3 heterocycles. The van der Waals surface area contributed by atoms with E-state index in [1.807, 2.05) is 30.3 Å². The zero-order chi connectivity index (χ0) is 30.6. The molecule has 0 spiro atoms. The van der Waals surface area contributed by atoms with Gasteiger partial charge in [0.05, 0.1) is 0 Å². The maximum absolute atomic E-state index is 6.82. The average molecular weight is 601 g/mol. The zero-order valence-electron chi connectivity index (χ0n) is 25.1. The van der Waals surface area contributed by atoms with Gasteiger partial charge in [-0.2, -0.15) is 0 Å². The predicted molar refractivity (Wildman–Crippen MR) is 194 cm³/mol. The minimum Gasteiger partial charge on any atom is -0.456 e. The van der Waals surface area contributed by atoms with Crippen LogP contribution < -0.4 is 0 Å². The summed E-state index contributed by atoms with van der Waals surface area (Å²) in [5.74, 6) is 0. The standard InChI is InChI=1S/C44H24O3/c1-3-14-27-25(12-1)39(32-19-11-23-37-41(32)29-16-5-8-20-34(29)45-37)26-13-2-4-15-28(26)40(27)33-24-38-42(30-17-6-9-21-35(30)46-38)43-31-18-7-10-22-36(31)47-44(33)43/h1-24H. The van der Waals surface area contributed by atoms with Crippen molar-refractivity contribution in [3.05, 3.63) is 146 Å². The second-order valence-corrected chi connectivity index (χ2v) is 12.3. The van der Waals surface area contributed by atoms with Crippen molar-refractivity contribution >= 4 is 87.4 Å². The molecule has 0 aliphatic heterocycles. The van der Waals surface area contributed by atoms with Gasteiger partial charge in [-0.05, 0) is 63.0 Å². The van der Waals surface area contributed by atoms with E-state index in [9.17, 15) is 0 Å². The molecule has 0 atom stereocenters. The largest absolute Gasteiger partial charge is 0.456 e. The van der Waals surface area contributed by atoms with Crippen molar-refractivity contribution in [2.45, 2.75) is 0 Å². The Morgan fingerprint density at radius 2 is 0.702 bits per heavy atom. The highest BCUT2D eigenvalue weighted by Crippen LogP contribution is 2.50. The Morgan fingerprint density at radius 3 is 1.30 bits per heavy atom. The number of hydrogen-bond donors (Lipinski definition) is 0. The van der Waals surface area contributed by atoms with Crippen molar-refractivity contribution in [2.24, 2.45) is 0 Å². The Kier molecular flexibility index (Phi) is 4.84. The highest BCUT2D eigenvalue weighted by Gasteiger charge is 2.25. The lowest BCUT2D eigenvalue weighted by Gasteiger charge is -2.18. The SMILES string of the molecule is c1ccc2c(c1)oc1cccc(-c3c4ccccc4c(-c4cc5oc6ccccc6c5c5c4oc4ccccc45)c4ccccc34)c12. The molecule has 47 heavy (non-hydrogen) atoms. The molecule has 0 bridgehead atoms. The van der Waals surface area contributed by atoms with Crippen LogP contribution in [-0.2, 0) is 0 Å². The number of hydrogen-bond acceptors (Lipinski definition) is 3. The van der Waals surface area contributed by atoms with Crippen LogP contribution in [0.5, 0.6) is 0 Å². The molecule has 0 fully saturated rings. The Morgan fingerprint density at radius 1 is 0.277 bits per heavy atom. The molecule has 3 nitrogen and oxygen atoms in total. The summed E-state index contributed by atoms with van der Waals surface area (Å²) in [6.07, 6.45) is 0. The molecule has 11 aromatic rings. The summed E-state index contributed by atoms with van der Waals surface area (Å²) in [6.45, 7) is 0. The third kappa shape index (κ3) is 3.30. The minimum atomic E-state index is 0.854. The second-order valence-electron chi connectivity index (χ2n) is 12.3. The van der Waals surface area contributed by atoms with E-state index in [1.165, 1.54) is 16.3 Å². The van der Waals surface area contributed by atoms with Crippen molar-refractivity contribution in [2.75, 3.05) is 0 Å². The number of furan rings is 3. The molecule has 0 aliphatic carbocycles. The van der Waals surface area contributed by atoms with Gasteiger partial charge in [-0.1, -0.05) is 115 Å². The quantitative estimate of drug-likeness (QED) is 0.185. The monoisotopic (exact) mass is 600 g/mol. The van der Waals surface area contributed by atoms with Gasteiger partial charge in [-0.25, -0.2) is 0 Å². The van der Waals surface area contributed by atoms with Crippen LogP contribution in [0, 0.1) is 0 Å². The van der Waals surface area contributed by atoms with Gasteiger partial charge in [-0.15, -0.1) is 0 Å². The maximum Gasteiger partial charge on any atom is 0.144 e. The van der Waals surface area contributed by atoms with Crippen molar-refractivity contribution in [1.82, 2.24) is 0 Å². The fourth-order valence-electron chi connectivity index (χ4n) is 7.98. The summed E-state index contributed by atoms with van der Waals surface area (Å²) in [4.78, 5) is 0. The summed E-state index contributed by atoms with van der Waals surface area (Å²) in [6, 6.07) is 51.0. The fraction of sp³-hybridized carbons (Fsp3) is 0. The third-order valence-corrected chi connectivity index (χ3v) is 9.86.